The summed E-state index contributed by atoms with van der Waals surface area (Å²) < 4.78 is 0. The zero-order valence-electron chi connectivity index (χ0n) is 11.5. The highest BCUT2D eigenvalue weighted by Crippen LogP contribution is 2.11. The molecule has 0 radical (unpaired) electrons. The molecule has 0 aliphatic rings. The van der Waals surface area contributed by atoms with E-state index in [1.54, 1.807) is 0 Å². The highest BCUT2D eigenvalue weighted by Gasteiger charge is 2.17. The van der Waals surface area contributed by atoms with E-state index < -0.39 is 0 Å². The molecule has 0 aromatic heterocycles. The summed E-state index contributed by atoms with van der Waals surface area (Å²) in [4.78, 5) is 2.50. The van der Waals surface area contributed by atoms with Gasteiger partial charge in [0, 0.05) is 12.6 Å². The van der Waals surface area contributed by atoms with Crippen molar-refractivity contribution in [3.05, 3.63) is 0 Å². The fourth-order valence-electron chi connectivity index (χ4n) is 1.76. The molecular formula is C13H30N2. The van der Waals surface area contributed by atoms with Gasteiger partial charge in [0.2, 0.25) is 0 Å². The monoisotopic (exact) mass is 214 g/mol. The van der Waals surface area contributed by atoms with Crippen LogP contribution in [0, 0.1) is 11.8 Å². The molecule has 0 rings (SSSR count). The van der Waals surface area contributed by atoms with Crippen LogP contribution in [0.25, 0.3) is 0 Å². The van der Waals surface area contributed by atoms with E-state index in [0.717, 1.165) is 24.9 Å². The van der Waals surface area contributed by atoms with Gasteiger partial charge in [-0.2, -0.15) is 0 Å². The fraction of sp³-hybridized carbons (Fsp3) is 1.00. The summed E-state index contributed by atoms with van der Waals surface area (Å²) in [6, 6.07) is 0.665. The van der Waals surface area contributed by atoms with Gasteiger partial charge in [-0.25, -0.2) is 0 Å². The fourth-order valence-corrected chi connectivity index (χ4v) is 1.76. The van der Waals surface area contributed by atoms with Crippen LogP contribution in [0.15, 0.2) is 0 Å². The van der Waals surface area contributed by atoms with Gasteiger partial charge in [-0.05, 0) is 38.9 Å². The first-order chi connectivity index (χ1) is 7.02. The van der Waals surface area contributed by atoms with Crippen molar-refractivity contribution < 1.29 is 0 Å². The molecule has 92 valence electrons. The summed E-state index contributed by atoms with van der Waals surface area (Å²) in [7, 11) is 2.25. The lowest BCUT2D eigenvalue weighted by Gasteiger charge is -2.31. The van der Waals surface area contributed by atoms with Crippen LogP contribution in [0.4, 0.5) is 0 Å². The Hall–Kier alpha value is -0.0800. The Morgan fingerprint density at radius 1 is 1.13 bits per heavy atom. The molecular weight excluding hydrogens is 184 g/mol. The molecule has 0 spiro atoms. The Balaban J connectivity index is 3.89. The summed E-state index contributed by atoms with van der Waals surface area (Å²) in [5.41, 5.74) is 0. The lowest BCUT2D eigenvalue weighted by atomic mass is 10.0. The van der Waals surface area contributed by atoms with Gasteiger partial charge in [-0.3, -0.25) is 0 Å². The summed E-state index contributed by atoms with van der Waals surface area (Å²) in [5, 5.41) is 3.42. The number of hydrogen-bond donors (Lipinski definition) is 1. The minimum atomic E-state index is 0.665. The van der Waals surface area contributed by atoms with E-state index in [4.69, 9.17) is 0 Å². The predicted octanol–water partition coefficient (Wildman–Crippen LogP) is 2.60. The van der Waals surface area contributed by atoms with Gasteiger partial charge in [0.05, 0.1) is 0 Å². The first kappa shape index (κ1) is 14.9. The topological polar surface area (TPSA) is 15.3 Å². The summed E-state index contributed by atoms with van der Waals surface area (Å²) in [5.74, 6) is 1.53. The average molecular weight is 214 g/mol. The highest BCUT2D eigenvalue weighted by atomic mass is 15.1. The van der Waals surface area contributed by atoms with Crippen LogP contribution in [0.5, 0.6) is 0 Å². The average Bonchev–Trinajstić information content (AvgIpc) is 2.24. The molecule has 3 atom stereocenters. The van der Waals surface area contributed by atoms with Crippen LogP contribution < -0.4 is 5.32 Å². The maximum absolute atomic E-state index is 3.42. The third kappa shape index (κ3) is 6.16. The molecule has 0 saturated heterocycles. The Morgan fingerprint density at radius 2 is 1.73 bits per heavy atom. The smallest absolute Gasteiger partial charge is 0.0102 e. The second-order valence-corrected chi connectivity index (χ2v) is 4.98. The molecule has 0 amide bonds. The van der Waals surface area contributed by atoms with E-state index in [9.17, 15) is 0 Å². The molecule has 2 nitrogen and oxygen atoms in total. The van der Waals surface area contributed by atoms with E-state index in [1.165, 1.54) is 13.0 Å². The van der Waals surface area contributed by atoms with Crippen molar-refractivity contribution in [2.45, 2.75) is 47.1 Å². The third-order valence-corrected chi connectivity index (χ3v) is 3.53. The molecule has 0 aromatic carbocycles. The molecule has 0 bridgehead atoms. The molecule has 3 unspecified atom stereocenters. The summed E-state index contributed by atoms with van der Waals surface area (Å²) in [6.45, 7) is 14.9. The Morgan fingerprint density at radius 3 is 2.20 bits per heavy atom. The Labute approximate surface area is 96.4 Å². The minimum absolute atomic E-state index is 0.665. The van der Waals surface area contributed by atoms with Crippen LogP contribution in [0.1, 0.15) is 41.0 Å². The van der Waals surface area contributed by atoms with Gasteiger partial charge >= 0.3 is 0 Å². The van der Waals surface area contributed by atoms with Gasteiger partial charge in [0.25, 0.3) is 0 Å². The number of rotatable bonds is 8. The second kappa shape index (κ2) is 8.12. The SMILES string of the molecule is CCNCC(C)C(C)N(C)CC(C)CC. The summed E-state index contributed by atoms with van der Waals surface area (Å²) in [6.07, 6.45) is 1.28. The highest BCUT2D eigenvalue weighted by molar-refractivity contribution is 4.73. The first-order valence-corrected chi connectivity index (χ1v) is 6.43. The third-order valence-electron chi connectivity index (χ3n) is 3.53. The molecule has 15 heavy (non-hydrogen) atoms. The van der Waals surface area contributed by atoms with Crippen molar-refractivity contribution in [3.63, 3.8) is 0 Å². The predicted molar refractivity (Wildman–Crippen MR) is 69.3 cm³/mol. The summed E-state index contributed by atoms with van der Waals surface area (Å²) >= 11 is 0. The van der Waals surface area contributed by atoms with Crippen molar-refractivity contribution in [1.82, 2.24) is 10.2 Å². The van der Waals surface area contributed by atoms with Gasteiger partial charge in [0.15, 0.2) is 0 Å². The van der Waals surface area contributed by atoms with Gasteiger partial charge in [-0.15, -0.1) is 0 Å². The molecule has 2 heteroatoms. The van der Waals surface area contributed by atoms with Crippen molar-refractivity contribution >= 4 is 0 Å². The number of hydrogen-bond acceptors (Lipinski definition) is 2. The van der Waals surface area contributed by atoms with Crippen LogP contribution in [0.3, 0.4) is 0 Å². The standard InChI is InChI=1S/C13H30N2/c1-7-11(3)10-15(6)13(5)12(4)9-14-8-2/h11-14H,7-10H2,1-6H3. The van der Waals surface area contributed by atoms with E-state index in [0.29, 0.717) is 6.04 Å². The van der Waals surface area contributed by atoms with Crippen LogP contribution in [-0.4, -0.2) is 37.6 Å². The van der Waals surface area contributed by atoms with Crippen LogP contribution in [0.2, 0.25) is 0 Å². The number of nitrogens with one attached hydrogen (secondary N) is 1. The second-order valence-electron chi connectivity index (χ2n) is 4.98. The van der Waals surface area contributed by atoms with Crippen molar-refractivity contribution in [2.75, 3.05) is 26.7 Å². The van der Waals surface area contributed by atoms with Crippen molar-refractivity contribution in [3.8, 4) is 0 Å². The van der Waals surface area contributed by atoms with Gasteiger partial charge in [0.1, 0.15) is 0 Å². The van der Waals surface area contributed by atoms with Crippen molar-refractivity contribution in [1.29, 1.82) is 0 Å². The lowest BCUT2D eigenvalue weighted by molar-refractivity contribution is 0.173. The molecule has 0 aliphatic carbocycles. The van der Waals surface area contributed by atoms with E-state index in [2.05, 4.69) is 51.9 Å². The first-order valence-electron chi connectivity index (χ1n) is 6.43. The Kier molecular flexibility index (Phi) is 8.07. The maximum atomic E-state index is 3.42. The van der Waals surface area contributed by atoms with Gasteiger partial charge in [-0.1, -0.05) is 34.1 Å². The quantitative estimate of drug-likeness (QED) is 0.668. The maximum Gasteiger partial charge on any atom is 0.0102 e. The molecule has 1 N–H and O–H groups in total. The van der Waals surface area contributed by atoms with Gasteiger partial charge < -0.3 is 10.2 Å². The largest absolute Gasteiger partial charge is 0.317 e. The zero-order valence-corrected chi connectivity index (χ0v) is 11.5. The number of nitrogens with zero attached hydrogens (tertiary/aromatic N) is 1. The molecule has 0 heterocycles. The van der Waals surface area contributed by atoms with E-state index in [1.807, 2.05) is 0 Å². The minimum Gasteiger partial charge on any atom is -0.317 e. The van der Waals surface area contributed by atoms with E-state index >= 15 is 0 Å². The van der Waals surface area contributed by atoms with E-state index in [-0.39, 0.29) is 0 Å². The van der Waals surface area contributed by atoms with Crippen LogP contribution >= 0.6 is 0 Å². The molecule has 0 fully saturated rings. The zero-order chi connectivity index (χ0) is 11.8. The van der Waals surface area contributed by atoms with Crippen LogP contribution in [-0.2, 0) is 0 Å². The Bertz CT molecular complexity index is 147. The molecule has 0 aromatic rings. The molecule has 0 aliphatic heterocycles. The lowest BCUT2D eigenvalue weighted by Crippen LogP contribution is -2.40. The van der Waals surface area contributed by atoms with Crippen molar-refractivity contribution in [2.24, 2.45) is 11.8 Å². The normalized spacial score (nSPS) is 17.8. The molecule has 0 saturated carbocycles.